The van der Waals surface area contributed by atoms with Gasteiger partial charge in [0.1, 0.15) is 0 Å². The Morgan fingerprint density at radius 2 is 1.73 bits per heavy atom. The fourth-order valence-electron chi connectivity index (χ4n) is 0.812. The average Bonchev–Trinajstić information content (AvgIpc) is 1.83. The first-order valence-corrected chi connectivity index (χ1v) is 3.10. The molecule has 0 unspecified atom stereocenters. The van der Waals surface area contributed by atoms with Crippen LogP contribution in [0.15, 0.2) is 18.2 Å². The van der Waals surface area contributed by atoms with Crippen molar-refractivity contribution >= 4 is 0 Å². The molecule has 0 fully saturated rings. The molecule has 0 aliphatic rings. The monoisotopic (exact) mass is 286 g/mol. The summed E-state index contributed by atoms with van der Waals surface area (Å²) >= 11 is 0. The zero-order valence-electron chi connectivity index (χ0n) is 7.35. The molecule has 11 heavy (non-hydrogen) atoms. The largest absolute Gasteiger partial charge is 0.358 e. The molecule has 62 valence electrons. The van der Waals surface area contributed by atoms with E-state index in [2.05, 4.69) is 26.8 Å². The van der Waals surface area contributed by atoms with Crippen LogP contribution in [0.25, 0.3) is 0 Å². The first kappa shape index (κ1) is 14.0. The summed E-state index contributed by atoms with van der Waals surface area (Å²) in [4.78, 5) is 0. The summed E-state index contributed by atoms with van der Waals surface area (Å²) in [5.41, 5.74) is 3.76. The van der Waals surface area contributed by atoms with Gasteiger partial charge >= 0.3 is 0 Å². The molecule has 0 amide bonds. The summed E-state index contributed by atoms with van der Waals surface area (Å²) in [5, 5.41) is 0. The van der Waals surface area contributed by atoms with Crippen LogP contribution in [0.2, 0.25) is 0 Å². The van der Waals surface area contributed by atoms with Crippen LogP contribution in [-0.4, -0.2) is 0 Å². The number of benzene rings is 1. The van der Waals surface area contributed by atoms with Crippen molar-refractivity contribution in [2.45, 2.75) is 13.8 Å². The molecule has 0 saturated carbocycles. The molecule has 0 radical (unpaired) electrons. The molecule has 1 aromatic rings. The summed E-state index contributed by atoms with van der Waals surface area (Å²) in [6.07, 6.45) is 0. The Morgan fingerprint density at radius 1 is 1.18 bits per heavy atom. The van der Waals surface area contributed by atoms with Crippen LogP contribution >= 0.6 is 0 Å². The van der Waals surface area contributed by atoms with Crippen molar-refractivity contribution in [2.75, 3.05) is 0 Å². The maximum atomic E-state index is 3.88. The zero-order valence-corrected chi connectivity index (χ0v) is 9.97. The normalized spacial score (nSPS) is 7.82. The second kappa shape index (κ2) is 6.00. The Bertz CT molecular complexity index is 196. The third kappa shape index (κ3) is 3.56. The standard InChI is InChI=1S/C9H11.CH3.Sm/c1-7-5-4-6-8(2)9(7)3;;/h4-6H,1H2,2-3H3;1H3;/q2*-1;. The summed E-state index contributed by atoms with van der Waals surface area (Å²) in [6, 6.07) is 6.16. The van der Waals surface area contributed by atoms with Crippen molar-refractivity contribution in [1.29, 1.82) is 0 Å². The smallest absolute Gasteiger partial charge is 0 e. The minimum absolute atomic E-state index is 0. The van der Waals surface area contributed by atoms with E-state index in [0.717, 1.165) is 5.56 Å². The molecule has 1 aromatic carbocycles. The van der Waals surface area contributed by atoms with E-state index >= 15 is 0 Å². The van der Waals surface area contributed by atoms with Gasteiger partial charge in [0.25, 0.3) is 0 Å². The molecular weight excluding hydrogens is 270 g/mol. The van der Waals surface area contributed by atoms with E-state index in [-0.39, 0.29) is 47.8 Å². The Balaban J connectivity index is 0. The van der Waals surface area contributed by atoms with E-state index in [4.69, 9.17) is 0 Å². The molecule has 0 nitrogen and oxygen atoms in total. The van der Waals surface area contributed by atoms with E-state index < -0.39 is 0 Å². The van der Waals surface area contributed by atoms with E-state index in [1.807, 2.05) is 12.1 Å². The zero-order chi connectivity index (χ0) is 6.85. The number of hydrogen-bond acceptors (Lipinski definition) is 0. The van der Waals surface area contributed by atoms with Crippen molar-refractivity contribution in [3.8, 4) is 0 Å². The van der Waals surface area contributed by atoms with E-state index in [9.17, 15) is 0 Å². The van der Waals surface area contributed by atoms with E-state index in [1.165, 1.54) is 11.1 Å². The van der Waals surface area contributed by atoms with Crippen molar-refractivity contribution < 1.29 is 40.4 Å². The first-order chi connectivity index (χ1) is 4.22. The van der Waals surface area contributed by atoms with Gasteiger partial charge in [-0.3, -0.25) is 0 Å². The molecule has 0 atom stereocenters. The third-order valence-corrected chi connectivity index (χ3v) is 1.72. The molecule has 0 saturated heterocycles. The third-order valence-electron chi connectivity index (χ3n) is 1.72. The quantitative estimate of drug-likeness (QED) is 0.643. The molecular formula is C10H14Sm-2. The molecule has 0 aliphatic heterocycles. The van der Waals surface area contributed by atoms with Gasteiger partial charge in [0, 0.05) is 40.4 Å². The van der Waals surface area contributed by atoms with E-state index in [0.29, 0.717) is 0 Å². The Hall–Kier alpha value is 0.428. The Morgan fingerprint density at radius 3 is 2.09 bits per heavy atom. The van der Waals surface area contributed by atoms with Crippen LogP contribution < -0.4 is 0 Å². The van der Waals surface area contributed by atoms with Crippen LogP contribution in [0.3, 0.4) is 0 Å². The van der Waals surface area contributed by atoms with E-state index in [1.54, 1.807) is 0 Å². The molecule has 0 heterocycles. The second-order valence-electron chi connectivity index (χ2n) is 2.36. The number of hydrogen-bond donors (Lipinski definition) is 0. The Labute approximate surface area is 103 Å². The van der Waals surface area contributed by atoms with Gasteiger partial charge in [-0.05, 0) is 0 Å². The minimum Gasteiger partial charge on any atom is -0.358 e. The van der Waals surface area contributed by atoms with Crippen molar-refractivity contribution in [3.05, 3.63) is 49.2 Å². The minimum atomic E-state index is 0. The molecule has 0 spiro atoms. The van der Waals surface area contributed by atoms with Gasteiger partial charge in [0.15, 0.2) is 0 Å². The topological polar surface area (TPSA) is 0 Å². The van der Waals surface area contributed by atoms with Gasteiger partial charge in [-0.1, -0.05) is 19.9 Å². The van der Waals surface area contributed by atoms with Crippen LogP contribution in [0.1, 0.15) is 16.7 Å². The number of aryl methyl sites for hydroxylation is 1. The van der Waals surface area contributed by atoms with Crippen LogP contribution in [0, 0.1) is 68.6 Å². The number of rotatable bonds is 0. The molecule has 0 N–H and O–H groups in total. The van der Waals surface area contributed by atoms with Gasteiger partial charge in [0.2, 0.25) is 0 Å². The maximum Gasteiger partial charge on any atom is 0 e. The summed E-state index contributed by atoms with van der Waals surface area (Å²) in [5.74, 6) is 0. The molecule has 0 aromatic heterocycles. The molecule has 1 heteroatoms. The van der Waals surface area contributed by atoms with Gasteiger partial charge < -0.3 is 7.43 Å². The van der Waals surface area contributed by atoms with Crippen LogP contribution in [0.4, 0.5) is 0 Å². The maximum absolute atomic E-state index is 3.88. The average molecular weight is 285 g/mol. The van der Waals surface area contributed by atoms with Crippen molar-refractivity contribution in [2.24, 2.45) is 0 Å². The predicted molar refractivity (Wildman–Crippen MR) is 46.8 cm³/mol. The molecule has 0 bridgehead atoms. The second-order valence-corrected chi connectivity index (χ2v) is 2.36. The van der Waals surface area contributed by atoms with Crippen LogP contribution in [0.5, 0.6) is 0 Å². The predicted octanol–water partition coefficient (Wildman–Crippen LogP) is 2.94. The Kier molecular flexibility index (Phi) is 7.63. The van der Waals surface area contributed by atoms with Gasteiger partial charge in [-0.15, -0.1) is 17.2 Å². The van der Waals surface area contributed by atoms with Crippen LogP contribution in [-0.2, 0) is 0 Å². The summed E-state index contributed by atoms with van der Waals surface area (Å²) in [6.45, 7) is 8.08. The van der Waals surface area contributed by atoms with Crippen molar-refractivity contribution in [3.63, 3.8) is 0 Å². The van der Waals surface area contributed by atoms with Gasteiger partial charge in [0.05, 0.1) is 0 Å². The SMILES string of the molecule is [CH2-]c1cccc(C)c1C.[CH3-].[Sm]. The van der Waals surface area contributed by atoms with Crippen molar-refractivity contribution in [1.82, 2.24) is 0 Å². The molecule has 1 rings (SSSR count). The summed E-state index contributed by atoms with van der Waals surface area (Å²) < 4.78 is 0. The fraction of sp³-hybridized carbons (Fsp3) is 0.200. The van der Waals surface area contributed by atoms with Gasteiger partial charge in [-0.2, -0.15) is 18.6 Å². The first-order valence-electron chi connectivity index (χ1n) is 3.10. The summed E-state index contributed by atoms with van der Waals surface area (Å²) in [7, 11) is 0. The molecule has 0 aliphatic carbocycles. The fourth-order valence-corrected chi connectivity index (χ4v) is 0.812. The van der Waals surface area contributed by atoms with Gasteiger partial charge in [-0.25, -0.2) is 0 Å².